The van der Waals surface area contributed by atoms with Gasteiger partial charge in [0, 0.05) is 33.9 Å². The number of hydrogen-bond donors (Lipinski definition) is 6. The van der Waals surface area contributed by atoms with Crippen molar-refractivity contribution in [1.82, 2.24) is 5.32 Å². The molecule has 1 atom stereocenters. The number of aliphatic hydroxyl groups is 1. The van der Waals surface area contributed by atoms with E-state index in [1.165, 1.54) is 6.08 Å². The number of aliphatic carboxylic acids is 3. The van der Waals surface area contributed by atoms with E-state index in [4.69, 9.17) is 40.5 Å². The third-order valence-corrected chi connectivity index (χ3v) is 0.721. The summed E-state index contributed by atoms with van der Waals surface area (Å²) in [7, 11) is 0. The number of nitrogens with one attached hydrogen (secondary N) is 1. The summed E-state index contributed by atoms with van der Waals surface area (Å²) in [6.07, 6.45) is 0.800. The highest BCUT2D eigenvalue weighted by Gasteiger charge is 1.90. The molecule has 0 saturated heterocycles. The summed E-state index contributed by atoms with van der Waals surface area (Å²) in [5, 5.41) is 33.6. The van der Waals surface area contributed by atoms with Crippen LogP contribution in [-0.2, 0) is 14.4 Å². The van der Waals surface area contributed by atoms with Crippen LogP contribution in [0.5, 0.6) is 0 Å². The Bertz CT molecular complexity index is 229. The second kappa shape index (κ2) is 22.2. The van der Waals surface area contributed by atoms with E-state index in [-0.39, 0.29) is 0 Å². The fourth-order valence-corrected chi connectivity index (χ4v) is 0.315. The van der Waals surface area contributed by atoms with Gasteiger partial charge in [0.05, 0.1) is 0 Å². The van der Waals surface area contributed by atoms with Crippen LogP contribution < -0.4 is 11.1 Å². The number of carboxylic acids is 3. The number of nitrogens with two attached hydrogens (primary N) is 1. The second-order valence-corrected chi connectivity index (χ2v) is 2.98. The summed E-state index contributed by atoms with van der Waals surface area (Å²) in [6, 6.07) is 0. The Labute approximate surface area is 117 Å². The maximum atomic E-state index is 9.00. The van der Waals surface area contributed by atoms with Crippen LogP contribution in [-0.4, -0.2) is 57.7 Å². The van der Waals surface area contributed by atoms with E-state index in [9.17, 15) is 0 Å². The van der Waals surface area contributed by atoms with Gasteiger partial charge in [0.1, 0.15) is 6.23 Å². The lowest BCUT2D eigenvalue weighted by Gasteiger charge is -2.04. The Kier molecular flexibility index (Phi) is 29.5. The summed E-state index contributed by atoms with van der Waals surface area (Å²) in [5.41, 5.74) is 5.12. The summed E-state index contributed by atoms with van der Waals surface area (Å²) in [6.45, 7) is 7.76. The molecule has 0 aromatic rings. The van der Waals surface area contributed by atoms with E-state index in [1.807, 2.05) is 0 Å². The molecule has 9 nitrogen and oxygen atoms in total. The van der Waals surface area contributed by atoms with Crippen molar-refractivity contribution in [2.24, 2.45) is 5.73 Å². The topological polar surface area (TPSA) is 170 Å². The molecular formula is C11H24N2O7. The molecule has 0 bridgehead atoms. The normalized spacial score (nSPS) is 9.05. The van der Waals surface area contributed by atoms with Gasteiger partial charge in [-0.05, 0) is 6.08 Å². The van der Waals surface area contributed by atoms with Crippen molar-refractivity contribution in [1.29, 1.82) is 0 Å². The lowest BCUT2D eigenvalue weighted by atomic mass is 10.5. The molecule has 120 valence electrons. The number of rotatable bonds is 4. The van der Waals surface area contributed by atoms with Crippen molar-refractivity contribution in [3.05, 3.63) is 12.7 Å². The first-order valence-electron chi connectivity index (χ1n) is 5.33. The van der Waals surface area contributed by atoms with E-state index >= 15 is 0 Å². The highest BCUT2D eigenvalue weighted by atomic mass is 16.4. The molecule has 0 aliphatic carbocycles. The minimum absolute atomic E-state index is 0.533. The zero-order valence-corrected chi connectivity index (χ0v) is 11.9. The lowest BCUT2D eigenvalue weighted by molar-refractivity contribution is -0.135. The molecule has 9 heteroatoms. The minimum atomic E-state index is -0.833. The van der Waals surface area contributed by atoms with Crippen LogP contribution in [0.1, 0.15) is 20.8 Å². The van der Waals surface area contributed by atoms with Gasteiger partial charge < -0.3 is 26.2 Å². The monoisotopic (exact) mass is 296 g/mol. The quantitative estimate of drug-likeness (QED) is 0.290. The molecule has 7 N–H and O–H groups in total. The molecule has 0 fully saturated rings. The molecule has 0 heterocycles. The third kappa shape index (κ3) is 223. The lowest BCUT2D eigenvalue weighted by Crippen LogP contribution is -2.31. The Morgan fingerprint density at radius 1 is 1.10 bits per heavy atom. The van der Waals surface area contributed by atoms with Crippen molar-refractivity contribution < 1.29 is 34.8 Å². The Morgan fingerprint density at radius 2 is 1.35 bits per heavy atom. The van der Waals surface area contributed by atoms with E-state index in [0.717, 1.165) is 20.8 Å². The van der Waals surface area contributed by atoms with E-state index in [1.54, 1.807) is 0 Å². The van der Waals surface area contributed by atoms with Crippen LogP contribution in [0.3, 0.4) is 0 Å². The van der Waals surface area contributed by atoms with Crippen LogP contribution in [0.2, 0.25) is 0 Å². The maximum Gasteiger partial charge on any atom is 0.300 e. The van der Waals surface area contributed by atoms with E-state index < -0.39 is 24.1 Å². The predicted molar refractivity (Wildman–Crippen MR) is 73.2 cm³/mol. The first kappa shape index (κ1) is 26.6. The van der Waals surface area contributed by atoms with Crippen LogP contribution in [0.15, 0.2) is 12.7 Å². The number of carbonyl (C=O) groups is 3. The Balaban J connectivity index is -0.0000000917. The SMILES string of the molecule is C=CC(O)NCCN.CC(=O)O.CC(=O)O.CC(=O)O. The van der Waals surface area contributed by atoms with Crippen molar-refractivity contribution in [2.45, 2.75) is 27.0 Å². The zero-order chi connectivity index (χ0) is 17.1. The van der Waals surface area contributed by atoms with Crippen molar-refractivity contribution in [2.75, 3.05) is 13.1 Å². The van der Waals surface area contributed by atoms with Crippen LogP contribution in [0.25, 0.3) is 0 Å². The molecule has 0 aliphatic rings. The summed E-state index contributed by atoms with van der Waals surface area (Å²) >= 11 is 0. The van der Waals surface area contributed by atoms with Gasteiger partial charge in [0.25, 0.3) is 17.9 Å². The Morgan fingerprint density at radius 3 is 1.50 bits per heavy atom. The molecule has 0 aliphatic heterocycles. The largest absolute Gasteiger partial charge is 0.481 e. The highest BCUT2D eigenvalue weighted by Crippen LogP contribution is 1.72. The van der Waals surface area contributed by atoms with Gasteiger partial charge in [0.2, 0.25) is 0 Å². The first-order chi connectivity index (χ1) is 9.00. The van der Waals surface area contributed by atoms with E-state index in [2.05, 4.69) is 11.9 Å². The second-order valence-electron chi connectivity index (χ2n) is 2.98. The highest BCUT2D eigenvalue weighted by molar-refractivity contribution is 5.63. The first-order valence-corrected chi connectivity index (χ1v) is 5.33. The molecule has 0 rings (SSSR count). The predicted octanol–water partition coefficient (Wildman–Crippen LogP) is -0.688. The molecular weight excluding hydrogens is 272 g/mol. The molecule has 0 saturated carbocycles. The minimum Gasteiger partial charge on any atom is -0.481 e. The summed E-state index contributed by atoms with van der Waals surface area (Å²) in [5.74, 6) is -2.50. The fraction of sp³-hybridized carbons (Fsp3) is 0.545. The standard InChI is InChI=1S/C5H12N2O.3C2H4O2/c1-2-5(8)7-4-3-6;3*1-2(3)4/h2,5,7-8H,1,3-4,6H2;3*1H3,(H,3,4). The molecule has 1 unspecified atom stereocenters. The molecule has 0 radical (unpaired) electrons. The molecule has 20 heavy (non-hydrogen) atoms. The maximum absolute atomic E-state index is 9.00. The third-order valence-electron chi connectivity index (χ3n) is 0.721. The number of hydrogen-bond acceptors (Lipinski definition) is 6. The van der Waals surface area contributed by atoms with Crippen LogP contribution in [0, 0.1) is 0 Å². The van der Waals surface area contributed by atoms with Gasteiger partial charge in [-0.1, -0.05) is 6.58 Å². The molecule has 0 aromatic carbocycles. The van der Waals surface area contributed by atoms with Gasteiger partial charge in [-0.3, -0.25) is 19.7 Å². The van der Waals surface area contributed by atoms with Crippen LogP contribution >= 0.6 is 0 Å². The fourth-order valence-electron chi connectivity index (χ4n) is 0.315. The average molecular weight is 296 g/mol. The van der Waals surface area contributed by atoms with Gasteiger partial charge >= 0.3 is 0 Å². The zero-order valence-electron chi connectivity index (χ0n) is 11.9. The molecule has 0 spiro atoms. The van der Waals surface area contributed by atoms with Crippen LogP contribution in [0.4, 0.5) is 0 Å². The van der Waals surface area contributed by atoms with Gasteiger partial charge in [-0.15, -0.1) is 0 Å². The van der Waals surface area contributed by atoms with Gasteiger partial charge in [-0.25, -0.2) is 0 Å². The van der Waals surface area contributed by atoms with Crippen molar-refractivity contribution >= 4 is 17.9 Å². The number of carboxylic acid groups (broad SMARTS) is 3. The van der Waals surface area contributed by atoms with Gasteiger partial charge in [0.15, 0.2) is 0 Å². The van der Waals surface area contributed by atoms with E-state index in [0.29, 0.717) is 13.1 Å². The smallest absolute Gasteiger partial charge is 0.300 e. The van der Waals surface area contributed by atoms with Crippen molar-refractivity contribution in [3.63, 3.8) is 0 Å². The molecule has 0 aromatic heterocycles. The van der Waals surface area contributed by atoms with Crippen molar-refractivity contribution in [3.8, 4) is 0 Å². The molecule has 0 amide bonds. The number of aliphatic hydroxyl groups excluding tert-OH is 1. The average Bonchev–Trinajstić information content (AvgIpc) is 2.23. The summed E-state index contributed by atoms with van der Waals surface area (Å²) in [4.78, 5) is 27.0. The summed E-state index contributed by atoms with van der Waals surface area (Å²) < 4.78 is 0. The Hall–Kier alpha value is -1.97. The van der Waals surface area contributed by atoms with Gasteiger partial charge in [-0.2, -0.15) is 0 Å².